The van der Waals surface area contributed by atoms with Crippen LogP contribution in [0.5, 0.6) is 0 Å². The van der Waals surface area contributed by atoms with Gasteiger partial charge in [0.2, 0.25) is 0 Å². The first-order valence-electron chi connectivity index (χ1n) is 6.34. The highest BCUT2D eigenvalue weighted by molar-refractivity contribution is 9.10. The van der Waals surface area contributed by atoms with Crippen molar-refractivity contribution in [2.24, 2.45) is 0 Å². The zero-order chi connectivity index (χ0) is 14.7. The van der Waals surface area contributed by atoms with Crippen LogP contribution in [0.15, 0.2) is 46.9 Å². The molecule has 1 N–H and O–H groups in total. The molecule has 104 valence electrons. The first-order valence-corrected chi connectivity index (χ1v) is 7.13. The van der Waals surface area contributed by atoms with Crippen LogP contribution in [0.4, 0.5) is 10.1 Å². The topological polar surface area (TPSA) is 29.1 Å². The average Bonchev–Trinajstić information content (AvgIpc) is 2.42. The van der Waals surface area contributed by atoms with Gasteiger partial charge in [-0.2, -0.15) is 0 Å². The van der Waals surface area contributed by atoms with E-state index in [0.717, 1.165) is 5.56 Å². The van der Waals surface area contributed by atoms with Crippen molar-refractivity contribution in [1.82, 2.24) is 0 Å². The predicted molar refractivity (Wildman–Crippen MR) is 82.6 cm³/mol. The van der Waals surface area contributed by atoms with Crippen molar-refractivity contribution in [2.75, 3.05) is 5.32 Å². The summed E-state index contributed by atoms with van der Waals surface area (Å²) in [7, 11) is 0. The summed E-state index contributed by atoms with van der Waals surface area (Å²) in [4.78, 5) is 12.2. The maximum Gasteiger partial charge on any atom is 0.256 e. The summed E-state index contributed by atoms with van der Waals surface area (Å²) in [5.74, 6) is -0.404. The minimum absolute atomic E-state index is 0.178. The van der Waals surface area contributed by atoms with Gasteiger partial charge >= 0.3 is 0 Å². The number of rotatable bonds is 3. The fourth-order valence-electron chi connectivity index (χ4n) is 1.85. The highest BCUT2D eigenvalue weighted by Crippen LogP contribution is 2.23. The van der Waals surface area contributed by atoms with Crippen LogP contribution in [0, 0.1) is 5.82 Å². The number of carbonyl (C=O) groups excluding carboxylic acids is 1. The lowest BCUT2D eigenvalue weighted by Crippen LogP contribution is -2.13. The van der Waals surface area contributed by atoms with Crippen LogP contribution in [0.2, 0.25) is 0 Å². The van der Waals surface area contributed by atoms with E-state index in [1.54, 1.807) is 6.07 Å². The summed E-state index contributed by atoms with van der Waals surface area (Å²) in [5.41, 5.74) is 2.12. The van der Waals surface area contributed by atoms with E-state index < -0.39 is 5.82 Å². The molecule has 0 saturated carbocycles. The van der Waals surface area contributed by atoms with Gasteiger partial charge in [0, 0.05) is 5.69 Å². The zero-order valence-electron chi connectivity index (χ0n) is 11.3. The van der Waals surface area contributed by atoms with E-state index in [4.69, 9.17) is 0 Å². The lowest BCUT2D eigenvalue weighted by atomic mass is 10.0. The fourth-order valence-corrected chi connectivity index (χ4v) is 2.30. The van der Waals surface area contributed by atoms with Crippen molar-refractivity contribution in [3.63, 3.8) is 0 Å². The Balaban J connectivity index is 2.24. The fraction of sp³-hybridized carbons (Fsp3) is 0.188. The lowest BCUT2D eigenvalue weighted by molar-refractivity contribution is 0.102. The van der Waals surface area contributed by atoms with Crippen LogP contribution in [0.25, 0.3) is 0 Å². The number of carbonyl (C=O) groups is 1. The molecule has 0 radical (unpaired) electrons. The maximum absolute atomic E-state index is 13.4. The number of benzene rings is 2. The van der Waals surface area contributed by atoms with Crippen LogP contribution in [-0.2, 0) is 0 Å². The summed E-state index contributed by atoms with van der Waals surface area (Å²) in [6.45, 7) is 4.17. The van der Waals surface area contributed by atoms with Gasteiger partial charge < -0.3 is 5.32 Å². The van der Waals surface area contributed by atoms with Gasteiger partial charge in [-0.1, -0.05) is 32.0 Å². The first kappa shape index (κ1) is 14.7. The molecule has 0 bridgehead atoms. The third-order valence-corrected chi connectivity index (χ3v) is 3.81. The molecule has 0 aliphatic heterocycles. The Hall–Kier alpha value is -1.68. The van der Waals surface area contributed by atoms with E-state index in [0.29, 0.717) is 11.6 Å². The van der Waals surface area contributed by atoms with Crippen LogP contribution in [-0.4, -0.2) is 5.91 Å². The molecule has 0 aliphatic rings. The van der Waals surface area contributed by atoms with Crippen LogP contribution < -0.4 is 5.32 Å². The number of hydrogen-bond donors (Lipinski definition) is 1. The predicted octanol–water partition coefficient (Wildman–Crippen LogP) is 4.96. The molecule has 2 aromatic carbocycles. The second-order valence-corrected chi connectivity index (χ2v) is 5.63. The Morgan fingerprint density at radius 1 is 1.20 bits per heavy atom. The van der Waals surface area contributed by atoms with E-state index >= 15 is 0 Å². The number of nitrogens with one attached hydrogen (secondary N) is 1. The third kappa shape index (κ3) is 3.25. The molecule has 2 aromatic rings. The lowest BCUT2D eigenvalue weighted by Gasteiger charge is -2.10. The quantitative estimate of drug-likeness (QED) is 0.843. The molecule has 0 unspecified atom stereocenters. The maximum atomic E-state index is 13.4. The molecule has 0 aliphatic carbocycles. The van der Waals surface area contributed by atoms with E-state index in [1.165, 1.54) is 12.1 Å². The van der Waals surface area contributed by atoms with E-state index in [9.17, 15) is 9.18 Å². The standard InChI is InChI=1S/C16H15BrFNO/c1-10(2)11-5-3-6-12(9-11)19-16(20)13-7-4-8-14(18)15(13)17/h3-10H,1-2H3,(H,19,20). The summed E-state index contributed by atoms with van der Waals surface area (Å²) < 4.78 is 13.6. The van der Waals surface area contributed by atoms with E-state index in [-0.39, 0.29) is 15.9 Å². The second-order valence-electron chi connectivity index (χ2n) is 4.84. The largest absolute Gasteiger partial charge is 0.322 e. The van der Waals surface area contributed by atoms with Crippen molar-refractivity contribution >= 4 is 27.5 Å². The highest BCUT2D eigenvalue weighted by atomic mass is 79.9. The molecule has 20 heavy (non-hydrogen) atoms. The molecule has 0 saturated heterocycles. The molecule has 2 rings (SSSR count). The molecular weight excluding hydrogens is 321 g/mol. The van der Waals surface area contributed by atoms with Crippen molar-refractivity contribution < 1.29 is 9.18 Å². The Bertz CT molecular complexity index is 640. The van der Waals surface area contributed by atoms with Gasteiger partial charge in [0.05, 0.1) is 10.0 Å². The summed E-state index contributed by atoms with van der Waals surface area (Å²) in [6.07, 6.45) is 0. The highest BCUT2D eigenvalue weighted by Gasteiger charge is 2.13. The minimum Gasteiger partial charge on any atom is -0.322 e. The Morgan fingerprint density at radius 2 is 1.90 bits per heavy atom. The normalized spacial score (nSPS) is 10.7. The minimum atomic E-state index is -0.450. The summed E-state index contributed by atoms with van der Waals surface area (Å²) >= 11 is 3.10. The Labute approximate surface area is 126 Å². The van der Waals surface area contributed by atoms with E-state index in [1.807, 2.05) is 24.3 Å². The summed E-state index contributed by atoms with van der Waals surface area (Å²) in [6, 6.07) is 12.0. The zero-order valence-corrected chi connectivity index (χ0v) is 12.9. The van der Waals surface area contributed by atoms with E-state index in [2.05, 4.69) is 35.1 Å². The van der Waals surface area contributed by atoms with Gasteiger partial charge in [-0.05, 0) is 51.7 Å². The van der Waals surface area contributed by atoms with Gasteiger partial charge in [0.1, 0.15) is 5.82 Å². The molecule has 2 nitrogen and oxygen atoms in total. The third-order valence-electron chi connectivity index (χ3n) is 3.01. The SMILES string of the molecule is CC(C)c1cccc(NC(=O)c2cccc(F)c2Br)c1. The van der Waals surface area contributed by atoms with Gasteiger partial charge in [-0.15, -0.1) is 0 Å². The molecule has 0 heterocycles. The second kappa shape index (κ2) is 6.18. The number of halogens is 2. The average molecular weight is 336 g/mol. The van der Waals surface area contributed by atoms with Crippen molar-refractivity contribution in [1.29, 1.82) is 0 Å². The van der Waals surface area contributed by atoms with Gasteiger partial charge in [-0.3, -0.25) is 4.79 Å². The monoisotopic (exact) mass is 335 g/mol. The number of hydrogen-bond acceptors (Lipinski definition) is 1. The number of amides is 1. The van der Waals surface area contributed by atoms with Crippen LogP contribution in [0.3, 0.4) is 0 Å². The Kier molecular flexibility index (Phi) is 4.55. The van der Waals surface area contributed by atoms with Gasteiger partial charge in [0.25, 0.3) is 5.91 Å². The molecule has 1 amide bonds. The molecule has 4 heteroatoms. The van der Waals surface area contributed by atoms with Gasteiger partial charge in [-0.25, -0.2) is 4.39 Å². The van der Waals surface area contributed by atoms with Crippen molar-refractivity contribution in [3.05, 3.63) is 63.9 Å². The molecule has 0 atom stereocenters. The molecule has 0 spiro atoms. The number of anilines is 1. The smallest absolute Gasteiger partial charge is 0.256 e. The molecule has 0 aromatic heterocycles. The van der Waals surface area contributed by atoms with Crippen molar-refractivity contribution in [3.8, 4) is 0 Å². The molecule has 0 fully saturated rings. The first-order chi connectivity index (χ1) is 9.49. The van der Waals surface area contributed by atoms with Gasteiger partial charge in [0.15, 0.2) is 0 Å². The molecular formula is C16H15BrFNO. The summed E-state index contributed by atoms with van der Waals surface area (Å²) in [5, 5.41) is 2.79. The van der Waals surface area contributed by atoms with Crippen molar-refractivity contribution in [2.45, 2.75) is 19.8 Å². The van der Waals surface area contributed by atoms with Crippen LogP contribution >= 0.6 is 15.9 Å². The Morgan fingerprint density at radius 3 is 2.60 bits per heavy atom. The van der Waals surface area contributed by atoms with Crippen LogP contribution in [0.1, 0.15) is 35.7 Å².